The van der Waals surface area contributed by atoms with E-state index in [4.69, 9.17) is 10.5 Å². The molecule has 0 saturated heterocycles. The number of amides is 1. The number of hydrogen-bond acceptors (Lipinski definition) is 8. The standard InChI is InChI=1S/C19H23FN6O2S/c1-18(2)11-19(3,26-17(21)29-18)12-6-13(8-22-7-12)25-16(27)14-9-24-15(10-23-14)28-5-4-20/h6-10H,4-5,11H2,1-3H3,(H2,21,26)(H,25,27)/t19-/m0/s1. The minimum absolute atomic E-state index is 0.0681. The summed E-state index contributed by atoms with van der Waals surface area (Å²) < 4.78 is 17.1. The summed E-state index contributed by atoms with van der Waals surface area (Å²) in [6, 6.07) is 1.83. The number of ether oxygens (including phenoxy) is 1. The SMILES string of the molecule is CC1(C)C[C@@](C)(c2cncc(NC(=O)c3cnc(OCCF)cn3)c2)N=C(N)S1. The first-order valence-corrected chi connectivity index (χ1v) is 9.84. The Hall–Kier alpha value is -2.75. The van der Waals surface area contributed by atoms with Gasteiger partial charge in [-0.05, 0) is 25.0 Å². The maximum absolute atomic E-state index is 12.5. The molecule has 1 atom stereocenters. The number of carbonyl (C=O) groups excluding carboxylic acids is 1. The Bertz CT molecular complexity index is 921. The quantitative estimate of drug-likeness (QED) is 0.741. The molecule has 0 aromatic carbocycles. The fraction of sp³-hybridized carbons (Fsp3) is 0.421. The lowest BCUT2D eigenvalue weighted by atomic mass is 9.84. The number of amidine groups is 1. The van der Waals surface area contributed by atoms with E-state index in [1.165, 1.54) is 12.4 Å². The van der Waals surface area contributed by atoms with Crippen LogP contribution < -0.4 is 15.8 Å². The Morgan fingerprint density at radius 2 is 2.07 bits per heavy atom. The molecular weight excluding hydrogens is 395 g/mol. The fourth-order valence-corrected chi connectivity index (χ4v) is 4.44. The van der Waals surface area contributed by atoms with Crippen molar-refractivity contribution in [3.63, 3.8) is 0 Å². The summed E-state index contributed by atoms with van der Waals surface area (Å²) in [5.74, 6) is -0.287. The molecule has 1 amide bonds. The van der Waals surface area contributed by atoms with Crippen LogP contribution in [0.3, 0.4) is 0 Å². The predicted molar refractivity (Wildman–Crippen MR) is 111 cm³/mol. The van der Waals surface area contributed by atoms with E-state index in [2.05, 4.69) is 39.1 Å². The van der Waals surface area contributed by atoms with Crippen LogP contribution in [0.5, 0.6) is 5.88 Å². The number of nitrogens with two attached hydrogens (primary N) is 1. The van der Waals surface area contributed by atoms with Gasteiger partial charge >= 0.3 is 0 Å². The molecule has 2 aromatic heterocycles. The molecule has 0 fully saturated rings. The van der Waals surface area contributed by atoms with Crippen molar-refractivity contribution < 1.29 is 13.9 Å². The second-order valence-electron chi connectivity index (χ2n) is 7.46. The molecule has 1 aliphatic heterocycles. The minimum atomic E-state index is -0.627. The molecular formula is C19H23FN6O2S. The van der Waals surface area contributed by atoms with Gasteiger partial charge in [-0.2, -0.15) is 0 Å². The molecule has 3 rings (SSSR count). The lowest BCUT2D eigenvalue weighted by Crippen LogP contribution is -2.38. The zero-order valence-corrected chi connectivity index (χ0v) is 17.3. The average molecular weight is 418 g/mol. The number of aliphatic imine (C=N–C) groups is 1. The molecule has 0 radical (unpaired) electrons. The first-order chi connectivity index (χ1) is 13.7. The Labute approximate surface area is 172 Å². The molecule has 3 heterocycles. The van der Waals surface area contributed by atoms with Gasteiger partial charge in [0.05, 0.1) is 29.8 Å². The summed E-state index contributed by atoms with van der Waals surface area (Å²) in [6.45, 7) is 5.51. The molecule has 1 aliphatic rings. The van der Waals surface area contributed by atoms with Gasteiger partial charge in [0.1, 0.15) is 19.0 Å². The molecule has 29 heavy (non-hydrogen) atoms. The second-order valence-corrected chi connectivity index (χ2v) is 9.18. The van der Waals surface area contributed by atoms with Crippen LogP contribution in [0, 0.1) is 0 Å². The van der Waals surface area contributed by atoms with Crippen LogP contribution in [0.2, 0.25) is 0 Å². The third kappa shape index (κ3) is 5.20. The highest BCUT2D eigenvalue weighted by Crippen LogP contribution is 2.44. The van der Waals surface area contributed by atoms with Gasteiger partial charge in [-0.3, -0.25) is 14.8 Å². The number of alkyl halides is 1. The summed E-state index contributed by atoms with van der Waals surface area (Å²) in [6.07, 6.45) is 6.60. The van der Waals surface area contributed by atoms with Crippen LogP contribution in [-0.2, 0) is 5.54 Å². The highest BCUT2D eigenvalue weighted by molar-refractivity contribution is 8.15. The number of aromatic nitrogens is 3. The molecule has 0 aliphatic carbocycles. The van der Waals surface area contributed by atoms with Crippen molar-refractivity contribution in [2.45, 2.75) is 37.5 Å². The van der Waals surface area contributed by atoms with E-state index in [1.54, 1.807) is 24.2 Å². The van der Waals surface area contributed by atoms with Gasteiger partial charge in [0.15, 0.2) is 5.17 Å². The van der Waals surface area contributed by atoms with Gasteiger partial charge in [0.2, 0.25) is 5.88 Å². The van der Waals surface area contributed by atoms with Crippen molar-refractivity contribution in [3.8, 4) is 5.88 Å². The van der Waals surface area contributed by atoms with Crippen molar-refractivity contribution in [1.29, 1.82) is 0 Å². The first-order valence-electron chi connectivity index (χ1n) is 9.03. The number of nitrogens with one attached hydrogen (secondary N) is 1. The van der Waals surface area contributed by atoms with Gasteiger partial charge in [-0.15, -0.1) is 0 Å². The van der Waals surface area contributed by atoms with Crippen LogP contribution in [-0.4, -0.2) is 44.1 Å². The number of anilines is 1. The molecule has 0 bridgehead atoms. The van der Waals surface area contributed by atoms with Crippen molar-refractivity contribution in [3.05, 3.63) is 42.1 Å². The van der Waals surface area contributed by atoms with Gasteiger partial charge < -0.3 is 15.8 Å². The topological polar surface area (TPSA) is 115 Å². The van der Waals surface area contributed by atoms with Crippen LogP contribution in [0.4, 0.5) is 10.1 Å². The molecule has 10 heteroatoms. The maximum atomic E-state index is 12.5. The molecule has 2 aromatic rings. The zero-order chi connectivity index (χ0) is 21.1. The number of hydrogen-bond donors (Lipinski definition) is 2. The van der Waals surface area contributed by atoms with Crippen molar-refractivity contribution >= 4 is 28.5 Å². The monoisotopic (exact) mass is 418 g/mol. The molecule has 8 nitrogen and oxygen atoms in total. The highest BCUT2D eigenvalue weighted by atomic mass is 32.2. The fourth-order valence-electron chi connectivity index (χ4n) is 3.27. The summed E-state index contributed by atoms with van der Waals surface area (Å²) in [4.78, 5) is 29.3. The smallest absolute Gasteiger partial charge is 0.275 e. The van der Waals surface area contributed by atoms with Gasteiger partial charge in [-0.1, -0.05) is 25.6 Å². The van der Waals surface area contributed by atoms with E-state index in [-0.39, 0.29) is 22.9 Å². The Balaban J connectivity index is 1.76. The molecule has 0 saturated carbocycles. The number of halogens is 1. The Morgan fingerprint density at radius 3 is 2.72 bits per heavy atom. The van der Waals surface area contributed by atoms with Gasteiger partial charge in [0, 0.05) is 10.9 Å². The molecule has 3 N–H and O–H groups in total. The average Bonchev–Trinajstić information content (AvgIpc) is 2.65. The summed E-state index contributed by atoms with van der Waals surface area (Å²) >= 11 is 1.55. The largest absolute Gasteiger partial charge is 0.474 e. The number of pyridine rings is 1. The van der Waals surface area contributed by atoms with E-state index in [0.717, 1.165) is 12.0 Å². The summed E-state index contributed by atoms with van der Waals surface area (Å²) in [5, 5.41) is 3.29. The van der Waals surface area contributed by atoms with E-state index < -0.39 is 18.1 Å². The third-order valence-corrected chi connectivity index (χ3v) is 5.31. The number of nitrogens with zero attached hydrogens (tertiary/aromatic N) is 4. The Morgan fingerprint density at radius 1 is 1.28 bits per heavy atom. The van der Waals surface area contributed by atoms with E-state index in [0.29, 0.717) is 10.9 Å². The van der Waals surface area contributed by atoms with Crippen molar-refractivity contribution in [2.24, 2.45) is 10.7 Å². The Kier molecular flexibility index (Phi) is 6.02. The molecule has 154 valence electrons. The lowest BCUT2D eigenvalue weighted by molar-refractivity contribution is 0.102. The maximum Gasteiger partial charge on any atom is 0.275 e. The predicted octanol–water partition coefficient (Wildman–Crippen LogP) is 2.92. The second kappa shape index (κ2) is 8.32. The number of carbonyl (C=O) groups is 1. The summed E-state index contributed by atoms with van der Waals surface area (Å²) in [7, 11) is 0. The van der Waals surface area contributed by atoms with Crippen LogP contribution in [0.1, 0.15) is 43.2 Å². The number of rotatable bonds is 6. The first kappa shape index (κ1) is 21.0. The zero-order valence-electron chi connectivity index (χ0n) is 16.5. The highest BCUT2D eigenvalue weighted by Gasteiger charge is 2.39. The van der Waals surface area contributed by atoms with Crippen LogP contribution in [0.15, 0.2) is 35.8 Å². The van der Waals surface area contributed by atoms with E-state index in [1.807, 2.05) is 13.0 Å². The molecule has 0 unspecified atom stereocenters. The van der Waals surface area contributed by atoms with Crippen molar-refractivity contribution in [1.82, 2.24) is 15.0 Å². The molecule has 0 spiro atoms. The van der Waals surface area contributed by atoms with Crippen LogP contribution >= 0.6 is 11.8 Å². The normalized spacial score (nSPS) is 20.6. The lowest BCUT2D eigenvalue weighted by Gasteiger charge is -2.39. The van der Waals surface area contributed by atoms with Gasteiger partial charge in [-0.25, -0.2) is 14.4 Å². The summed E-state index contributed by atoms with van der Waals surface area (Å²) in [5.41, 5.74) is 6.97. The third-order valence-electron chi connectivity index (χ3n) is 4.31. The minimum Gasteiger partial charge on any atom is -0.474 e. The van der Waals surface area contributed by atoms with E-state index in [9.17, 15) is 9.18 Å². The van der Waals surface area contributed by atoms with Crippen LogP contribution in [0.25, 0.3) is 0 Å². The van der Waals surface area contributed by atoms with Crippen molar-refractivity contribution in [2.75, 3.05) is 18.6 Å². The number of thioether (sulfide) groups is 1. The van der Waals surface area contributed by atoms with Gasteiger partial charge in [0.25, 0.3) is 5.91 Å². The van der Waals surface area contributed by atoms with E-state index >= 15 is 0 Å².